The van der Waals surface area contributed by atoms with Gasteiger partial charge in [0.2, 0.25) is 0 Å². The van der Waals surface area contributed by atoms with E-state index >= 15 is 4.32 Å². The monoisotopic (exact) mass is 459 g/mol. The van der Waals surface area contributed by atoms with Gasteiger partial charge >= 0.3 is 12.9 Å². The number of rotatable bonds is 7. The minimum absolute atomic E-state index is 0.0238. The first-order valence-corrected chi connectivity index (χ1v) is 11.0. The maximum atomic E-state index is 16.7. The van der Waals surface area contributed by atoms with Crippen LogP contribution in [0.2, 0.25) is 0 Å². The second-order valence-electron chi connectivity index (χ2n) is 8.60. The summed E-state index contributed by atoms with van der Waals surface area (Å²) in [6, 6.07) is 1.85. The molecule has 2 amide bonds. The number of aromatic nitrogens is 1. The van der Waals surface area contributed by atoms with Crippen LogP contribution in [0.3, 0.4) is 0 Å². The maximum Gasteiger partial charge on any atom is 0.701 e. The Hall–Kier alpha value is -3.05. The third-order valence-corrected chi connectivity index (χ3v) is 6.25. The summed E-state index contributed by atoms with van der Waals surface area (Å²) >= 11 is 0. The topological polar surface area (TPSA) is 101 Å². The van der Waals surface area contributed by atoms with E-state index in [1.54, 1.807) is 13.8 Å². The van der Waals surface area contributed by atoms with Crippen LogP contribution in [0.25, 0.3) is 5.57 Å². The Morgan fingerprint density at radius 3 is 2.52 bits per heavy atom. The third kappa shape index (κ3) is 3.65. The molecule has 1 aromatic rings. The number of aliphatic hydroxyl groups excluding tert-OH is 1. The van der Waals surface area contributed by atoms with Crippen molar-refractivity contribution in [3.05, 3.63) is 40.4 Å². The highest BCUT2D eigenvalue weighted by Crippen LogP contribution is 2.43. The zero-order valence-corrected chi connectivity index (χ0v) is 19.2. The minimum Gasteiger partial charge on any atom is -0.478 e. The lowest BCUT2D eigenvalue weighted by atomic mass is 9.81. The van der Waals surface area contributed by atoms with Crippen molar-refractivity contribution in [2.45, 2.75) is 53.4 Å². The predicted octanol–water partition coefficient (Wildman–Crippen LogP) is 1.91. The van der Waals surface area contributed by atoms with E-state index in [4.69, 9.17) is 9.49 Å². The summed E-state index contributed by atoms with van der Waals surface area (Å²) in [7, 11) is 0. The molecule has 0 bridgehead atoms. The Morgan fingerprint density at radius 1 is 1.21 bits per heavy atom. The normalized spacial score (nSPS) is 22.2. The highest BCUT2D eigenvalue weighted by atomic mass is 19.1. The molecule has 3 aliphatic rings. The molecular weight excluding hydrogens is 432 g/mol. The summed E-state index contributed by atoms with van der Waals surface area (Å²) in [5.41, 5.74) is 4.90. The molecule has 0 spiro atoms. The van der Waals surface area contributed by atoms with Crippen molar-refractivity contribution in [1.29, 1.82) is 0 Å². The fraction of sp³-hybridized carbons (Fsp3) is 0.455. The smallest absolute Gasteiger partial charge is 0.478 e. The summed E-state index contributed by atoms with van der Waals surface area (Å²) in [6.07, 6.45) is 2.00. The SMILES string of the molecule is CC1=CC(C)=[N+]2C1=C(CCC(=O)ON1C(=O)CCC1=O)c1c(C)cc(C)n1[B-]2(F)OCCO. The van der Waals surface area contributed by atoms with E-state index in [0.29, 0.717) is 27.9 Å². The minimum atomic E-state index is -3.23. The predicted molar refractivity (Wildman–Crippen MR) is 117 cm³/mol. The van der Waals surface area contributed by atoms with E-state index < -0.39 is 24.7 Å². The van der Waals surface area contributed by atoms with Crippen molar-refractivity contribution in [2.24, 2.45) is 0 Å². The molecule has 1 N–H and O–H groups in total. The number of fused-ring (bicyclic) bond motifs is 2. The first-order valence-electron chi connectivity index (χ1n) is 11.0. The van der Waals surface area contributed by atoms with Gasteiger partial charge in [-0.05, 0) is 44.5 Å². The first kappa shape index (κ1) is 23.1. The van der Waals surface area contributed by atoms with Crippen LogP contribution >= 0.6 is 0 Å². The maximum absolute atomic E-state index is 16.7. The van der Waals surface area contributed by atoms with E-state index in [1.807, 2.05) is 26.0 Å². The number of carbonyl (C=O) groups excluding carboxylic acids is 3. The number of halogens is 1. The molecular formula is C22H27BFN3O6. The van der Waals surface area contributed by atoms with Crippen molar-refractivity contribution in [3.63, 3.8) is 0 Å². The molecule has 1 fully saturated rings. The molecule has 0 saturated carbocycles. The van der Waals surface area contributed by atoms with Crippen LogP contribution in [0.1, 0.15) is 56.5 Å². The van der Waals surface area contributed by atoms with Crippen molar-refractivity contribution >= 4 is 36.0 Å². The molecule has 176 valence electrons. The van der Waals surface area contributed by atoms with Gasteiger partial charge < -0.3 is 27.9 Å². The second-order valence-corrected chi connectivity index (χ2v) is 8.60. The van der Waals surface area contributed by atoms with Gasteiger partial charge in [0.15, 0.2) is 5.70 Å². The molecule has 33 heavy (non-hydrogen) atoms. The molecule has 9 nitrogen and oxygen atoms in total. The molecule has 1 unspecified atom stereocenters. The van der Waals surface area contributed by atoms with Gasteiger partial charge in [-0.3, -0.25) is 9.59 Å². The van der Waals surface area contributed by atoms with Crippen LogP contribution < -0.4 is 0 Å². The van der Waals surface area contributed by atoms with Gasteiger partial charge in [-0.1, -0.05) is 0 Å². The fourth-order valence-electron chi connectivity index (χ4n) is 5.07. The number of imide groups is 1. The lowest BCUT2D eigenvalue weighted by molar-refractivity contribution is -0.375. The average Bonchev–Trinajstić information content (AvgIpc) is 3.35. The van der Waals surface area contributed by atoms with Crippen molar-refractivity contribution in [1.82, 2.24) is 9.54 Å². The Kier molecular flexibility index (Phi) is 5.87. The second kappa shape index (κ2) is 8.38. The van der Waals surface area contributed by atoms with Crippen molar-refractivity contribution in [2.75, 3.05) is 13.2 Å². The van der Waals surface area contributed by atoms with Crippen LogP contribution in [0, 0.1) is 13.8 Å². The number of hydrogen-bond donors (Lipinski definition) is 1. The van der Waals surface area contributed by atoms with E-state index in [1.165, 1.54) is 8.96 Å². The number of allylic oxidation sites excluding steroid dienone is 3. The molecule has 1 aromatic heterocycles. The lowest BCUT2D eigenvalue weighted by Gasteiger charge is -2.38. The highest BCUT2D eigenvalue weighted by molar-refractivity contribution is 6.59. The van der Waals surface area contributed by atoms with Gasteiger partial charge in [0.1, 0.15) is 5.71 Å². The van der Waals surface area contributed by atoms with Crippen LogP contribution in [0.5, 0.6) is 0 Å². The van der Waals surface area contributed by atoms with Gasteiger partial charge in [-0.25, -0.2) is 4.79 Å². The Balaban J connectivity index is 1.72. The standard InChI is InChI=1S/C22H27BFN3O6/c1-13-11-15(3)25-21(13)17(5-8-20(31)33-27-18(29)6-7-19(27)30)22-14(2)12-16(4)26(22)23(25,24)32-10-9-28/h11-12,28H,5-10H2,1-4H3. The lowest BCUT2D eigenvalue weighted by Crippen LogP contribution is -2.57. The Bertz CT molecular complexity index is 1150. The summed E-state index contributed by atoms with van der Waals surface area (Å²) in [5, 5.41) is 9.83. The zero-order chi connectivity index (χ0) is 24.1. The van der Waals surface area contributed by atoms with Gasteiger partial charge in [0.05, 0.1) is 13.0 Å². The van der Waals surface area contributed by atoms with Crippen LogP contribution in [-0.2, 0) is 23.9 Å². The van der Waals surface area contributed by atoms with Crippen LogP contribution in [0.4, 0.5) is 4.32 Å². The van der Waals surface area contributed by atoms with Crippen LogP contribution in [0.15, 0.2) is 23.4 Å². The Morgan fingerprint density at radius 2 is 1.88 bits per heavy atom. The summed E-state index contributed by atoms with van der Waals surface area (Å²) in [6.45, 7) is 3.55. The quantitative estimate of drug-likeness (QED) is 0.494. The fourth-order valence-corrected chi connectivity index (χ4v) is 5.07. The zero-order valence-electron chi connectivity index (χ0n) is 19.2. The summed E-state index contributed by atoms with van der Waals surface area (Å²) in [4.78, 5) is 41.0. The third-order valence-electron chi connectivity index (χ3n) is 6.25. The van der Waals surface area contributed by atoms with E-state index in [0.717, 1.165) is 16.7 Å². The molecule has 4 heterocycles. The van der Waals surface area contributed by atoms with Crippen molar-refractivity contribution < 1.29 is 37.8 Å². The number of hydrogen-bond acceptors (Lipinski definition) is 6. The number of carbonyl (C=O) groups is 3. The molecule has 1 saturated heterocycles. The summed E-state index contributed by atoms with van der Waals surface area (Å²) < 4.78 is 25.3. The highest BCUT2D eigenvalue weighted by Gasteiger charge is 2.55. The molecule has 0 aromatic carbocycles. The number of aryl methyl sites for hydroxylation is 2. The van der Waals surface area contributed by atoms with Crippen molar-refractivity contribution in [3.8, 4) is 0 Å². The molecule has 0 radical (unpaired) electrons. The molecule has 1 atom stereocenters. The number of hydroxylamine groups is 2. The van der Waals surface area contributed by atoms with Gasteiger partial charge in [-0.2, -0.15) is 0 Å². The van der Waals surface area contributed by atoms with E-state index in [-0.39, 0.29) is 38.9 Å². The number of amides is 2. The Labute approximate surface area is 190 Å². The van der Waals surface area contributed by atoms with Gasteiger partial charge in [-0.15, -0.1) is 5.06 Å². The van der Waals surface area contributed by atoms with E-state index in [2.05, 4.69) is 0 Å². The van der Waals surface area contributed by atoms with E-state index in [9.17, 15) is 19.5 Å². The molecule has 0 aliphatic carbocycles. The number of aliphatic hydroxyl groups is 1. The first-order chi connectivity index (χ1) is 15.6. The van der Waals surface area contributed by atoms with Crippen LogP contribution in [-0.4, -0.2) is 62.7 Å². The van der Waals surface area contributed by atoms with Gasteiger partial charge in [0, 0.05) is 49.3 Å². The average molecular weight is 459 g/mol. The molecule has 4 rings (SSSR count). The number of nitrogens with zero attached hydrogens (tertiary/aromatic N) is 3. The van der Waals surface area contributed by atoms with Gasteiger partial charge in [0.25, 0.3) is 11.8 Å². The largest absolute Gasteiger partial charge is 0.701 e. The summed E-state index contributed by atoms with van der Waals surface area (Å²) in [5.74, 6) is -1.79. The molecule has 11 heteroatoms. The molecule has 3 aliphatic heterocycles.